The Morgan fingerprint density at radius 1 is 1.53 bits per heavy atom. The molecule has 1 aliphatic carbocycles. The minimum Gasteiger partial charge on any atom is -0.454 e. The van der Waals surface area contributed by atoms with Crippen molar-refractivity contribution in [2.24, 2.45) is 5.92 Å². The number of hydrogen-bond acceptors (Lipinski definition) is 2. The van der Waals surface area contributed by atoms with E-state index >= 15 is 0 Å². The molecule has 0 aromatic rings. The molecule has 0 aliphatic heterocycles. The van der Waals surface area contributed by atoms with E-state index in [1.165, 1.54) is 11.6 Å². The van der Waals surface area contributed by atoms with Crippen molar-refractivity contribution in [3.05, 3.63) is 49.6 Å². The van der Waals surface area contributed by atoms with Crippen LogP contribution in [0.5, 0.6) is 0 Å². The largest absolute Gasteiger partial charge is 0.454 e. The van der Waals surface area contributed by atoms with Crippen molar-refractivity contribution < 1.29 is 9.53 Å². The van der Waals surface area contributed by atoms with Gasteiger partial charge in [0.15, 0.2) is 0 Å². The van der Waals surface area contributed by atoms with Gasteiger partial charge in [0.2, 0.25) is 0 Å². The van der Waals surface area contributed by atoms with Crippen LogP contribution in [0, 0.1) is 5.92 Å². The average Bonchev–Trinajstić information content (AvgIpc) is 2.38. The lowest BCUT2D eigenvalue weighted by molar-refractivity contribution is -0.141. The number of esters is 1. The van der Waals surface area contributed by atoms with Crippen molar-refractivity contribution in [3.63, 3.8) is 0 Å². The SMILES string of the molecule is C=CCC(OC(=O)C=C)C1=CCC(C=C)CC1. The first kappa shape index (κ1) is 13.5. The molecule has 17 heavy (non-hydrogen) atoms. The molecule has 2 atom stereocenters. The number of hydrogen-bond donors (Lipinski definition) is 0. The maximum absolute atomic E-state index is 11.2. The van der Waals surface area contributed by atoms with Crippen LogP contribution in [0.1, 0.15) is 25.7 Å². The molecule has 0 spiro atoms. The van der Waals surface area contributed by atoms with Crippen LogP contribution in [-0.2, 0) is 9.53 Å². The minimum atomic E-state index is -0.372. The highest BCUT2D eigenvalue weighted by atomic mass is 16.5. The fourth-order valence-corrected chi connectivity index (χ4v) is 2.00. The molecule has 2 nitrogen and oxygen atoms in total. The molecule has 92 valence electrons. The Morgan fingerprint density at radius 2 is 2.29 bits per heavy atom. The monoisotopic (exact) mass is 232 g/mol. The van der Waals surface area contributed by atoms with E-state index in [1.54, 1.807) is 6.08 Å². The summed E-state index contributed by atoms with van der Waals surface area (Å²) in [4.78, 5) is 11.2. The van der Waals surface area contributed by atoms with Crippen LogP contribution < -0.4 is 0 Å². The first-order chi connectivity index (χ1) is 8.21. The summed E-state index contributed by atoms with van der Waals surface area (Å²) < 4.78 is 5.33. The normalized spacial score (nSPS) is 20.9. The van der Waals surface area contributed by atoms with E-state index in [-0.39, 0.29) is 12.1 Å². The second-order valence-electron chi connectivity index (χ2n) is 4.20. The predicted octanol–water partition coefficient (Wildman–Crippen LogP) is 3.57. The third-order valence-corrected chi connectivity index (χ3v) is 3.04. The summed E-state index contributed by atoms with van der Waals surface area (Å²) in [5.41, 5.74) is 1.19. The van der Waals surface area contributed by atoms with Crippen molar-refractivity contribution in [2.75, 3.05) is 0 Å². The number of ether oxygens (including phenoxy) is 1. The van der Waals surface area contributed by atoms with Crippen molar-refractivity contribution in [2.45, 2.75) is 31.8 Å². The van der Waals surface area contributed by atoms with Crippen LogP contribution in [-0.4, -0.2) is 12.1 Å². The first-order valence-electron chi connectivity index (χ1n) is 5.96. The van der Waals surface area contributed by atoms with Crippen LogP contribution in [0.25, 0.3) is 0 Å². The Balaban J connectivity index is 2.67. The van der Waals surface area contributed by atoms with Gasteiger partial charge in [0.05, 0.1) is 0 Å². The van der Waals surface area contributed by atoms with Crippen LogP contribution in [0.2, 0.25) is 0 Å². The molecule has 1 aliphatic rings. The van der Waals surface area contributed by atoms with Crippen LogP contribution in [0.4, 0.5) is 0 Å². The summed E-state index contributed by atoms with van der Waals surface area (Å²) in [6.45, 7) is 10.9. The highest BCUT2D eigenvalue weighted by Gasteiger charge is 2.20. The zero-order valence-electron chi connectivity index (χ0n) is 10.2. The van der Waals surface area contributed by atoms with Crippen molar-refractivity contribution in [1.29, 1.82) is 0 Å². The summed E-state index contributed by atoms with van der Waals surface area (Å²) >= 11 is 0. The smallest absolute Gasteiger partial charge is 0.330 e. The third kappa shape index (κ3) is 4.06. The van der Waals surface area contributed by atoms with E-state index in [1.807, 2.05) is 6.08 Å². The molecule has 2 unspecified atom stereocenters. The van der Waals surface area contributed by atoms with Crippen molar-refractivity contribution in [3.8, 4) is 0 Å². The third-order valence-electron chi connectivity index (χ3n) is 3.04. The van der Waals surface area contributed by atoms with Gasteiger partial charge in [-0.2, -0.15) is 0 Å². The lowest BCUT2D eigenvalue weighted by atomic mass is 9.87. The summed E-state index contributed by atoms with van der Waals surface area (Å²) in [6, 6.07) is 0. The van der Waals surface area contributed by atoms with Gasteiger partial charge in [-0.3, -0.25) is 0 Å². The Bertz CT molecular complexity index is 339. The molecule has 0 saturated carbocycles. The van der Waals surface area contributed by atoms with E-state index in [0.29, 0.717) is 12.3 Å². The van der Waals surface area contributed by atoms with Gasteiger partial charge in [-0.05, 0) is 30.8 Å². The predicted molar refractivity (Wildman–Crippen MR) is 70.5 cm³/mol. The molecule has 0 saturated heterocycles. The summed E-state index contributed by atoms with van der Waals surface area (Å²) in [5.74, 6) is 0.182. The molecule has 0 heterocycles. The van der Waals surface area contributed by atoms with Gasteiger partial charge in [0.25, 0.3) is 0 Å². The maximum atomic E-state index is 11.2. The second-order valence-corrected chi connectivity index (χ2v) is 4.20. The first-order valence-corrected chi connectivity index (χ1v) is 5.96. The highest BCUT2D eigenvalue weighted by Crippen LogP contribution is 2.28. The Labute approximate surface area is 103 Å². The molecule has 0 N–H and O–H groups in total. The van der Waals surface area contributed by atoms with Gasteiger partial charge in [0.1, 0.15) is 6.10 Å². The van der Waals surface area contributed by atoms with E-state index in [2.05, 4.69) is 25.8 Å². The van der Waals surface area contributed by atoms with Crippen LogP contribution in [0.3, 0.4) is 0 Å². The van der Waals surface area contributed by atoms with Crippen molar-refractivity contribution in [1.82, 2.24) is 0 Å². The Kier molecular flexibility index (Phi) is 5.47. The molecule has 0 bridgehead atoms. The van der Waals surface area contributed by atoms with Crippen LogP contribution >= 0.6 is 0 Å². The zero-order chi connectivity index (χ0) is 12.7. The Hall–Kier alpha value is -1.57. The number of rotatable bonds is 6. The van der Waals surface area contributed by atoms with Gasteiger partial charge in [0, 0.05) is 12.5 Å². The molecule has 2 heteroatoms. The quantitative estimate of drug-likeness (QED) is 0.397. The van der Waals surface area contributed by atoms with E-state index in [9.17, 15) is 4.79 Å². The lowest BCUT2D eigenvalue weighted by Crippen LogP contribution is -2.21. The topological polar surface area (TPSA) is 26.3 Å². The Morgan fingerprint density at radius 3 is 2.76 bits per heavy atom. The van der Waals surface area contributed by atoms with Gasteiger partial charge in [-0.15, -0.1) is 13.2 Å². The molecule has 0 aromatic carbocycles. The fourth-order valence-electron chi connectivity index (χ4n) is 2.00. The van der Waals surface area contributed by atoms with Crippen molar-refractivity contribution >= 4 is 5.97 Å². The van der Waals surface area contributed by atoms with Gasteiger partial charge < -0.3 is 4.74 Å². The number of carbonyl (C=O) groups excluding carboxylic acids is 1. The number of allylic oxidation sites excluding steroid dienone is 2. The molecule has 0 radical (unpaired) electrons. The minimum absolute atomic E-state index is 0.177. The van der Waals surface area contributed by atoms with E-state index in [4.69, 9.17) is 4.74 Å². The average molecular weight is 232 g/mol. The second kappa shape index (κ2) is 6.89. The summed E-state index contributed by atoms with van der Waals surface area (Å²) in [7, 11) is 0. The zero-order valence-corrected chi connectivity index (χ0v) is 10.2. The fraction of sp³-hybridized carbons (Fsp3) is 0.400. The molecule has 1 rings (SSSR count). The van der Waals surface area contributed by atoms with E-state index < -0.39 is 0 Å². The number of carbonyl (C=O) groups is 1. The maximum Gasteiger partial charge on any atom is 0.330 e. The lowest BCUT2D eigenvalue weighted by Gasteiger charge is -2.24. The van der Waals surface area contributed by atoms with Gasteiger partial charge in [-0.1, -0.05) is 24.8 Å². The summed E-state index contributed by atoms with van der Waals surface area (Å²) in [6.07, 6.45) is 10.6. The van der Waals surface area contributed by atoms with E-state index in [0.717, 1.165) is 19.3 Å². The molecule has 0 fully saturated rings. The molecule has 0 amide bonds. The molecule has 0 aromatic heterocycles. The summed E-state index contributed by atoms with van der Waals surface area (Å²) in [5, 5.41) is 0. The molecular weight excluding hydrogens is 212 g/mol. The molecular formula is C15H20O2. The van der Waals surface area contributed by atoms with Gasteiger partial charge >= 0.3 is 5.97 Å². The highest BCUT2D eigenvalue weighted by molar-refractivity contribution is 5.81. The standard InChI is InChI=1S/C15H20O2/c1-4-7-14(17-15(16)6-3)13-10-8-12(5-2)9-11-13/h4-6,10,12,14H,1-3,7-9,11H2. The van der Waals surface area contributed by atoms with Gasteiger partial charge in [-0.25, -0.2) is 4.79 Å². The van der Waals surface area contributed by atoms with Crippen LogP contribution in [0.15, 0.2) is 49.6 Å².